The Labute approximate surface area is 162 Å². The van der Waals surface area contributed by atoms with Crippen LogP contribution in [0.1, 0.15) is 40.0 Å². The first-order valence-electron chi connectivity index (χ1n) is 9.21. The van der Waals surface area contributed by atoms with E-state index in [1.54, 1.807) is 6.07 Å². The van der Waals surface area contributed by atoms with Crippen molar-refractivity contribution in [1.29, 1.82) is 0 Å². The Hall–Kier alpha value is -3.41. The molecule has 0 fully saturated rings. The molecule has 0 unspecified atom stereocenters. The number of fused-ring (bicyclic) bond motifs is 2. The van der Waals surface area contributed by atoms with E-state index in [2.05, 4.69) is 30.3 Å². The number of benzene rings is 1. The minimum absolute atomic E-state index is 0.0731. The molecule has 1 N–H and O–H groups in total. The maximum Gasteiger partial charge on any atom is 0.337 e. The summed E-state index contributed by atoms with van der Waals surface area (Å²) in [5.41, 5.74) is 4.98. The van der Waals surface area contributed by atoms with E-state index >= 15 is 0 Å². The van der Waals surface area contributed by atoms with Crippen LogP contribution in [0.3, 0.4) is 0 Å². The van der Waals surface area contributed by atoms with Gasteiger partial charge in [0, 0.05) is 31.5 Å². The first-order valence-corrected chi connectivity index (χ1v) is 9.21. The second-order valence-electron chi connectivity index (χ2n) is 7.20. The van der Waals surface area contributed by atoms with Crippen LogP contribution < -0.4 is 10.5 Å². The number of hydrogen-bond acceptors (Lipinski definition) is 4. The molecule has 6 heteroatoms. The molecule has 28 heavy (non-hydrogen) atoms. The zero-order chi connectivity index (χ0) is 19.8. The molecule has 0 bridgehead atoms. The van der Waals surface area contributed by atoms with Gasteiger partial charge in [0.25, 0.3) is 5.56 Å². The van der Waals surface area contributed by atoms with Crippen molar-refractivity contribution in [3.8, 4) is 0 Å². The normalized spacial score (nSPS) is 14.9. The van der Waals surface area contributed by atoms with Crippen molar-refractivity contribution in [1.82, 2.24) is 9.38 Å². The third-order valence-electron chi connectivity index (χ3n) is 5.09. The van der Waals surface area contributed by atoms with Gasteiger partial charge in [-0.1, -0.05) is 12.1 Å². The maximum absolute atomic E-state index is 13.0. The predicted molar refractivity (Wildman–Crippen MR) is 110 cm³/mol. The lowest BCUT2D eigenvalue weighted by Crippen LogP contribution is -2.25. The lowest BCUT2D eigenvalue weighted by atomic mass is 9.90. The molecular formula is C22H21N3O3. The van der Waals surface area contributed by atoms with E-state index in [4.69, 9.17) is 4.98 Å². The molecule has 2 heterocycles. The van der Waals surface area contributed by atoms with Crippen LogP contribution in [0, 0.1) is 0 Å². The number of anilines is 1. The highest BCUT2D eigenvalue weighted by Crippen LogP contribution is 2.30. The molecule has 6 nitrogen and oxygen atoms in total. The van der Waals surface area contributed by atoms with Gasteiger partial charge < -0.3 is 10.0 Å². The van der Waals surface area contributed by atoms with Crippen molar-refractivity contribution < 1.29 is 9.90 Å². The van der Waals surface area contributed by atoms with Crippen LogP contribution in [0.2, 0.25) is 0 Å². The highest BCUT2D eigenvalue weighted by molar-refractivity contribution is 5.88. The van der Waals surface area contributed by atoms with Crippen molar-refractivity contribution in [3.05, 3.63) is 75.3 Å². The van der Waals surface area contributed by atoms with Crippen LogP contribution in [-0.4, -0.2) is 34.6 Å². The summed E-state index contributed by atoms with van der Waals surface area (Å²) in [6.07, 6.45) is 5.82. The number of carbonyl (C=O) groups is 1. The number of carboxylic acid groups (broad SMARTS) is 1. The highest BCUT2D eigenvalue weighted by atomic mass is 16.4. The molecule has 142 valence electrons. The van der Waals surface area contributed by atoms with Gasteiger partial charge in [0.05, 0.1) is 11.3 Å². The Balaban J connectivity index is 1.82. The molecule has 4 rings (SSSR count). The molecule has 2 aromatic heterocycles. The Kier molecular flexibility index (Phi) is 4.47. The van der Waals surface area contributed by atoms with Crippen LogP contribution in [0.5, 0.6) is 0 Å². The van der Waals surface area contributed by atoms with E-state index < -0.39 is 5.97 Å². The van der Waals surface area contributed by atoms with Crippen molar-refractivity contribution in [2.45, 2.75) is 19.3 Å². The summed E-state index contributed by atoms with van der Waals surface area (Å²) >= 11 is 0. The number of hydrogen-bond donors (Lipinski definition) is 1. The van der Waals surface area contributed by atoms with Gasteiger partial charge in [-0.3, -0.25) is 9.20 Å². The first-order chi connectivity index (χ1) is 13.4. The highest BCUT2D eigenvalue weighted by Gasteiger charge is 2.21. The number of nitrogens with zero attached hydrogens (tertiary/aromatic N) is 3. The lowest BCUT2D eigenvalue weighted by Gasteiger charge is -2.19. The molecular weight excluding hydrogens is 354 g/mol. The fourth-order valence-corrected chi connectivity index (χ4v) is 3.58. The topological polar surface area (TPSA) is 74.9 Å². The summed E-state index contributed by atoms with van der Waals surface area (Å²) < 4.78 is 1.34. The quantitative estimate of drug-likeness (QED) is 0.760. The zero-order valence-electron chi connectivity index (χ0n) is 15.8. The van der Waals surface area contributed by atoms with Crippen LogP contribution in [-0.2, 0) is 6.42 Å². The Bertz CT molecular complexity index is 1160. The van der Waals surface area contributed by atoms with E-state index in [0.29, 0.717) is 17.6 Å². The number of aromatic nitrogens is 2. The van der Waals surface area contributed by atoms with E-state index in [-0.39, 0.29) is 11.1 Å². The van der Waals surface area contributed by atoms with Crippen molar-refractivity contribution >= 4 is 29.0 Å². The summed E-state index contributed by atoms with van der Waals surface area (Å²) in [7, 11) is 4.01. The fraction of sp³-hybridized carbons (Fsp3) is 0.227. The molecule has 1 aliphatic rings. The fourth-order valence-electron chi connectivity index (χ4n) is 3.58. The number of carboxylic acids is 1. The number of rotatable bonds is 3. The van der Waals surface area contributed by atoms with Gasteiger partial charge in [-0.05, 0) is 60.7 Å². The van der Waals surface area contributed by atoms with Crippen molar-refractivity contribution in [2.24, 2.45) is 0 Å². The minimum atomic E-state index is -1.06. The molecule has 0 amide bonds. The SMILES string of the molecule is CN(C)c1ccc(C=C2CCCc3c2nc2ccc(C(=O)O)cn2c3=O)cc1. The molecule has 0 atom stereocenters. The molecule has 3 aromatic rings. The molecule has 1 aromatic carbocycles. The second-order valence-corrected chi connectivity index (χ2v) is 7.20. The molecule has 0 radical (unpaired) electrons. The second kappa shape index (κ2) is 6.96. The largest absolute Gasteiger partial charge is 0.478 e. The van der Waals surface area contributed by atoms with E-state index in [9.17, 15) is 14.7 Å². The van der Waals surface area contributed by atoms with E-state index in [0.717, 1.165) is 35.4 Å². The Morgan fingerprint density at radius 2 is 1.89 bits per heavy atom. The summed E-state index contributed by atoms with van der Waals surface area (Å²) in [6, 6.07) is 11.3. The number of allylic oxidation sites excluding steroid dienone is 1. The van der Waals surface area contributed by atoms with Gasteiger partial charge >= 0.3 is 5.97 Å². The smallest absolute Gasteiger partial charge is 0.337 e. The van der Waals surface area contributed by atoms with E-state index in [1.165, 1.54) is 16.7 Å². The van der Waals surface area contributed by atoms with Gasteiger partial charge in [0.2, 0.25) is 0 Å². The third kappa shape index (κ3) is 3.17. The van der Waals surface area contributed by atoms with Gasteiger partial charge in [-0.25, -0.2) is 9.78 Å². The van der Waals surface area contributed by atoms with Crippen molar-refractivity contribution in [2.75, 3.05) is 19.0 Å². The monoisotopic (exact) mass is 375 g/mol. The zero-order valence-corrected chi connectivity index (χ0v) is 15.8. The molecule has 0 saturated heterocycles. The average Bonchev–Trinajstić information content (AvgIpc) is 2.69. The van der Waals surface area contributed by atoms with Crippen LogP contribution in [0.15, 0.2) is 47.4 Å². The number of pyridine rings is 1. The molecule has 0 aliphatic heterocycles. The van der Waals surface area contributed by atoms with Crippen LogP contribution in [0.4, 0.5) is 5.69 Å². The Morgan fingerprint density at radius 1 is 1.14 bits per heavy atom. The molecule has 1 aliphatic carbocycles. The van der Waals surface area contributed by atoms with Gasteiger partial charge in [0.1, 0.15) is 5.65 Å². The lowest BCUT2D eigenvalue weighted by molar-refractivity contribution is 0.0696. The summed E-state index contributed by atoms with van der Waals surface area (Å²) in [6.45, 7) is 0. The predicted octanol–water partition coefficient (Wildman–Crippen LogP) is 3.34. The standard InChI is InChI=1S/C22H21N3O3/c1-24(2)17-9-6-14(7-10-17)12-15-4-3-5-18-20(15)23-19-11-8-16(22(27)28)13-25(19)21(18)26/h6-13H,3-5H2,1-2H3,(H,27,28). The molecule has 0 saturated carbocycles. The average molecular weight is 375 g/mol. The summed E-state index contributed by atoms with van der Waals surface area (Å²) in [4.78, 5) is 30.9. The summed E-state index contributed by atoms with van der Waals surface area (Å²) in [5.74, 6) is -1.06. The minimum Gasteiger partial charge on any atom is -0.478 e. The van der Waals surface area contributed by atoms with Crippen molar-refractivity contribution in [3.63, 3.8) is 0 Å². The Morgan fingerprint density at radius 3 is 2.57 bits per heavy atom. The molecule has 0 spiro atoms. The number of aromatic carboxylic acids is 1. The van der Waals surface area contributed by atoms with E-state index in [1.807, 2.05) is 19.0 Å². The third-order valence-corrected chi connectivity index (χ3v) is 5.09. The van der Waals surface area contributed by atoms with Gasteiger partial charge in [0.15, 0.2) is 0 Å². The maximum atomic E-state index is 13.0. The van der Waals surface area contributed by atoms with Crippen LogP contribution >= 0.6 is 0 Å². The summed E-state index contributed by atoms with van der Waals surface area (Å²) in [5, 5.41) is 9.19. The van der Waals surface area contributed by atoms with Gasteiger partial charge in [-0.15, -0.1) is 0 Å². The first kappa shape index (κ1) is 18.0. The van der Waals surface area contributed by atoms with Gasteiger partial charge in [-0.2, -0.15) is 0 Å². The van der Waals surface area contributed by atoms with Crippen LogP contribution in [0.25, 0.3) is 17.3 Å².